The number of quaternary nitrogens is 1. The lowest BCUT2D eigenvalue weighted by Gasteiger charge is -2.13. The van der Waals surface area contributed by atoms with Crippen LogP contribution in [0.15, 0.2) is 66.7 Å². The summed E-state index contributed by atoms with van der Waals surface area (Å²) >= 11 is 0. The number of para-hydroxylation sites is 3. The minimum atomic E-state index is -4.89. The number of H-pyrrole nitrogens is 1. The molecule has 0 bridgehead atoms. The van der Waals surface area contributed by atoms with E-state index in [-0.39, 0.29) is 12.7 Å². The third-order valence-electron chi connectivity index (χ3n) is 5.01. The van der Waals surface area contributed by atoms with E-state index < -0.39 is 13.9 Å². The van der Waals surface area contributed by atoms with Crippen molar-refractivity contribution in [2.75, 3.05) is 33.4 Å². The van der Waals surface area contributed by atoms with Crippen LogP contribution in [0.25, 0.3) is 21.8 Å². The van der Waals surface area contributed by atoms with Crippen LogP contribution < -0.4 is 24.4 Å². The summed E-state index contributed by atoms with van der Waals surface area (Å²) in [6.45, 7) is 5.48. The van der Waals surface area contributed by atoms with E-state index in [9.17, 15) is 5.11 Å². The largest absolute Gasteiger partial charge is 0.756 e. The van der Waals surface area contributed by atoms with Gasteiger partial charge in [-0.05, 0) is 44.2 Å². The molecule has 0 fully saturated rings. The standard InChI is InChI=1S/C24H26N2O4.C3H8O.H3O4P/c1-28-21-10-4-5-11-22(21)29-14-13-25-15-17(27)16-30-23-12-6-9-20-24(23)18-7-2-3-8-19(18)26-20;1-3(2)4;1-5(2,3)4/h2-12,17,25-27H,13-16H2,1H3;3-4H,1-2H3;(H3,1,2,3,4)/t17-;;/m1../s1. The summed E-state index contributed by atoms with van der Waals surface area (Å²) in [7, 11) is -3.26. The highest BCUT2D eigenvalue weighted by Crippen LogP contribution is 2.33. The summed E-state index contributed by atoms with van der Waals surface area (Å²) < 4.78 is 25.8. The number of benzene rings is 3. The molecule has 0 aliphatic carbocycles. The molecule has 1 aromatic heterocycles. The Labute approximate surface area is 227 Å². The molecule has 11 nitrogen and oxygen atoms in total. The van der Waals surface area contributed by atoms with Crippen LogP contribution in [0.5, 0.6) is 17.2 Å². The van der Waals surface area contributed by atoms with Crippen molar-refractivity contribution in [2.24, 2.45) is 0 Å². The lowest BCUT2D eigenvalue weighted by atomic mass is 10.1. The highest BCUT2D eigenvalue weighted by Gasteiger charge is 2.12. The van der Waals surface area contributed by atoms with Gasteiger partial charge in [0.05, 0.1) is 12.6 Å². The topological polar surface area (TPSA) is 181 Å². The normalized spacial score (nSPS) is 11.8. The minimum absolute atomic E-state index is 0.167. The first-order chi connectivity index (χ1) is 18.5. The molecule has 7 N–H and O–H groups in total. The third-order valence-corrected chi connectivity index (χ3v) is 5.01. The molecule has 1 atom stereocenters. The fraction of sp³-hybridized carbons (Fsp3) is 0.333. The molecule has 4 rings (SSSR count). The van der Waals surface area contributed by atoms with Gasteiger partial charge in [0, 0.05) is 22.4 Å². The lowest BCUT2D eigenvalue weighted by Crippen LogP contribution is -2.87. The van der Waals surface area contributed by atoms with Gasteiger partial charge in [-0.15, -0.1) is 0 Å². The van der Waals surface area contributed by atoms with Gasteiger partial charge in [-0.25, -0.2) is 0 Å². The van der Waals surface area contributed by atoms with Gasteiger partial charge in [-0.1, -0.05) is 36.4 Å². The fourth-order valence-corrected chi connectivity index (χ4v) is 3.54. The number of hydrogen-bond donors (Lipinski definition) is 6. The van der Waals surface area contributed by atoms with E-state index in [4.69, 9.17) is 38.6 Å². The van der Waals surface area contributed by atoms with Crippen molar-refractivity contribution < 1.29 is 49.0 Å². The van der Waals surface area contributed by atoms with Crippen LogP contribution in [-0.4, -0.2) is 70.6 Å². The van der Waals surface area contributed by atoms with Crippen molar-refractivity contribution >= 4 is 29.6 Å². The number of rotatable bonds is 10. The van der Waals surface area contributed by atoms with E-state index in [1.165, 1.54) is 0 Å². The molecule has 0 radical (unpaired) electrons. The number of phosphoric acid groups is 1. The number of fused-ring (bicyclic) bond motifs is 3. The van der Waals surface area contributed by atoms with Gasteiger partial charge < -0.3 is 49.4 Å². The predicted octanol–water partition coefficient (Wildman–Crippen LogP) is 1.54. The van der Waals surface area contributed by atoms with Crippen molar-refractivity contribution in [1.29, 1.82) is 0 Å². The van der Waals surface area contributed by atoms with Crippen LogP contribution in [0.2, 0.25) is 0 Å². The highest BCUT2D eigenvalue weighted by molar-refractivity contribution is 7.43. The summed E-state index contributed by atoms with van der Waals surface area (Å²) in [5, 5.41) is 22.6. The molecule has 0 unspecified atom stereocenters. The number of methoxy groups -OCH3 is 1. The second kappa shape index (κ2) is 16.1. The van der Waals surface area contributed by atoms with E-state index in [2.05, 4.69) is 17.1 Å². The number of aliphatic hydroxyl groups excluding tert-OH is 2. The SMILES string of the molecule is CC(C)O.COc1ccccc1OCC[NH2+]C[C@@H](O)COc1cccc2[nH]c3ccccc3c12.O=P([O-])(O)O. The Morgan fingerprint density at radius 1 is 0.897 bits per heavy atom. The average molecular weight is 565 g/mol. The Kier molecular flexibility index (Phi) is 13.2. The number of aliphatic hydroxyl groups is 2. The molecule has 39 heavy (non-hydrogen) atoms. The molecular formula is C27H37N2O9P. The number of aromatic amines is 1. The fourth-order valence-electron chi connectivity index (χ4n) is 3.54. The molecule has 12 heteroatoms. The van der Waals surface area contributed by atoms with Crippen LogP contribution >= 0.6 is 7.82 Å². The molecule has 3 aromatic carbocycles. The molecule has 0 aliphatic rings. The van der Waals surface area contributed by atoms with Crippen molar-refractivity contribution in [3.8, 4) is 17.2 Å². The summed E-state index contributed by atoms with van der Waals surface area (Å²) in [4.78, 5) is 26.3. The Balaban J connectivity index is 0.000000516. The van der Waals surface area contributed by atoms with Gasteiger partial charge in [0.2, 0.25) is 0 Å². The third kappa shape index (κ3) is 12.1. The van der Waals surface area contributed by atoms with E-state index in [0.717, 1.165) is 45.6 Å². The number of nitrogens with one attached hydrogen (secondary N) is 1. The molecule has 1 heterocycles. The first-order valence-electron chi connectivity index (χ1n) is 12.3. The molecule has 0 spiro atoms. The Hall–Kier alpha value is -3.15. The zero-order valence-corrected chi connectivity index (χ0v) is 23.1. The highest BCUT2D eigenvalue weighted by atomic mass is 31.2. The van der Waals surface area contributed by atoms with E-state index in [1.54, 1.807) is 21.0 Å². The minimum Gasteiger partial charge on any atom is -0.756 e. The Morgan fingerprint density at radius 3 is 2.13 bits per heavy atom. The van der Waals surface area contributed by atoms with Crippen molar-refractivity contribution in [3.63, 3.8) is 0 Å². The van der Waals surface area contributed by atoms with Crippen molar-refractivity contribution in [3.05, 3.63) is 66.7 Å². The Bertz CT molecular complexity index is 1310. The van der Waals surface area contributed by atoms with Gasteiger partial charge >= 0.3 is 0 Å². The number of ether oxygens (including phenoxy) is 3. The maximum atomic E-state index is 10.3. The lowest BCUT2D eigenvalue weighted by molar-refractivity contribution is -0.661. The van der Waals surface area contributed by atoms with E-state index >= 15 is 0 Å². The summed E-state index contributed by atoms with van der Waals surface area (Å²) in [5.74, 6) is 2.23. The van der Waals surface area contributed by atoms with Gasteiger partial charge in [-0.3, -0.25) is 4.57 Å². The zero-order chi connectivity index (χ0) is 28.8. The maximum absolute atomic E-state index is 10.3. The van der Waals surface area contributed by atoms with Gasteiger partial charge in [0.1, 0.15) is 38.2 Å². The van der Waals surface area contributed by atoms with Gasteiger partial charge in [0.25, 0.3) is 7.82 Å². The molecule has 0 saturated carbocycles. The molecule has 0 aliphatic heterocycles. The molecule has 4 aromatic rings. The zero-order valence-electron chi connectivity index (χ0n) is 22.2. The van der Waals surface area contributed by atoms with Crippen LogP contribution in [0, 0.1) is 0 Å². The smallest absolute Gasteiger partial charge is 0.262 e. The van der Waals surface area contributed by atoms with E-state index in [1.807, 2.05) is 59.9 Å². The molecule has 214 valence electrons. The van der Waals surface area contributed by atoms with Crippen LogP contribution in [0.4, 0.5) is 0 Å². The van der Waals surface area contributed by atoms with Gasteiger partial charge in [-0.2, -0.15) is 0 Å². The van der Waals surface area contributed by atoms with Crippen LogP contribution in [0.1, 0.15) is 13.8 Å². The summed E-state index contributed by atoms with van der Waals surface area (Å²) in [6.07, 6.45) is -0.739. The quantitative estimate of drug-likeness (QED) is 0.123. The molecule has 0 amide bonds. The second-order valence-electron chi connectivity index (χ2n) is 8.71. The van der Waals surface area contributed by atoms with Crippen LogP contribution in [0.3, 0.4) is 0 Å². The molecule has 0 saturated heterocycles. The summed E-state index contributed by atoms with van der Waals surface area (Å²) in [6, 6.07) is 21.7. The van der Waals surface area contributed by atoms with Crippen LogP contribution in [-0.2, 0) is 4.57 Å². The average Bonchev–Trinajstić information content (AvgIpc) is 3.25. The number of aromatic nitrogens is 1. The first-order valence-corrected chi connectivity index (χ1v) is 13.8. The summed E-state index contributed by atoms with van der Waals surface area (Å²) in [5.41, 5.74) is 2.11. The first kappa shape index (κ1) is 32.1. The van der Waals surface area contributed by atoms with Gasteiger partial charge in [0.15, 0.2) is 11.5 Å². The second-order valence-corrected chi connectivity index (χ2v) is 9.69. The predicted molar refractivity (Wildman–Crippen MR) is 147 cm³/mol. The number of nitrogens with two attached hydrogens (primary N) is 1. The van der Waals surface area contributed by atoms with Crippen molar-refractivity contribution in [1.82, 2.24) is 4.98 Å². The maximum Gasteiger partial charge on any atom is 0.262 e. The monoisotopic (exact) mass is 564 g/mol. The Morgan fingerprint density at radius 2 is 1.46 bits per heavy atom. The molecular weight excluding hydrogens is 527 g/mol. The van der Waals surface area contributed by atoms with Crippen molar-refractivity contribution in [2.45, 2.75) is 26.1 Å². The number of hydrogen-bond acceptors (Lipinski definition) is 7. The van der Waals surface area contributed by atoms with E-state index in [0.29, 0.717) is 13.2 Å².